The van der Waals surface area contributed by atoms with Gasteiger partial charge < -0.3 is 4.42 Å². The average Bonchev–Trinajstić information content (AvgIpc) is 2.85. The number of fused-ring (bicyclic) bond motifs is 1. The van der Waals surface area contributed by atoms with Crippen molar-refractivity contribution < 1.29 is 17.6 Å². The molecule has 9 heteroatoms. The maximum Gasteiger partial charge on any atom is 0.431 e. The second kappa shape index (κ2) is 5.12. The van der Waals surface area contributed by atoms with Crippen molar-refractivity contribution in [3.8, 4) is 5.69 Å². The third kappa shape index (κ3) is 2.50. The molecule has 0 atom stereocenters. The second-order valence-electron chi connectivity index (χ2n) is 4.80. The van der Waals surface area contributed by atoms with Gasteiger partial charge in [0.05, 0.1) is 0 Å². The predicted molar refractivity (Wildman–Crippen MR) is 79.8 cm³/mol. The highest BCUT2D eigenvalue weighted by molar-refractivity contribution is 9.10. The molecule has 23 heavy (non-hydrogen) atoms. The Morgan fingerprint density at radius 1 is 1.17 bits per heavy atom. The summed E-state index contributed by atoms with van der Waals surface area (Å²) in [7, 11) is 0.958. The van der Waals surface area contributed by atoms with Crippen LogP contribution in [0.1, 0.15) is 5.69 Å². The summed E-state index contributed by atoms with van der Waals surface area (Å²) in [5.41, 5.74) is -3.01. The maximum absolute atomic E-state index is 12.9. The first kappa shape index (κ1) is 15.6. The molecule has 0 aliphatic rings. The number of halogens is 4. The van der Waals surface area contributed by atoms with Crippen LogP contribution >= 0.6 is 15.9 Å². The van der Waals surface area contributed by atoms with Gasteiger partial charge in [0.1, 0.15) is 23.2 Å². The molecular formula is C14H8BrF3N2O3. The van der Waals surface area contributed by atoms with Crippen LogP contribution in [0.3, 0.4) is 0 Å². The van der Waals surface area contributed by atoms with Crippen LogP contribution in [0.5, 0.6) is 0 Å². The first-order valence-electron chi connectivity index (χ1n) is 6.27. The number of hydrogen-bond donors (Lipinski definition) is 0. The van der Waals surface area contributed by atoms with E-state index in [1.54, 1.807) is 18.2 Å². The van der Waals surface area contributed by atoms with Crippen molar-refractivity contribution >= 4 is 26.9 Å². The van der Waals surface area contributed by atoms with Crippen LogP contribution in [-0.2, 0) is 13.2 Å². The van der Waals surface area contributed by atoms with Crippen LogP contribution in [0.2, 0.25) is 0 Å². The minimum Gasteiger partial charge on any atom is -0.462 e. The average molecular weight is 389 g/mol. The van der Waals surface area contributed by atoms with Crippen molar-refractivity contribution in [3.63, 3.8) is 0 Å². The van der Waals surface area contributed by atoms with E-state index in [-0.39, 0.29) is 5.69 Å². The van der Waals surface area contributed by atoms with Crippen molar-refractivity contribution in [2.24, 2.45) is 7.05 Å². The molecule has 0 saturated carbocycles. The molecule has 1 aromatic carbocycles. The van der Waals surface area contributed by atoms with Gasteiger partial charge >= 0.3 is 11.9 Å². The summed E-state index contributed by atoms with van der Waals surface area (Å²) in [5.74, 6) is 0. The van der Waals surface area contributed by atoms with E-state index < -0.39 is 23.1 Å². The molecular weight excluding hydrogens is 381 g/mol. The van der Waals surface area contributed by atoms with E-state index >= 15 is 0 Å². The van der Waals surface area contributed by atoms with Crippen LogP contribution < -0.4 is 11.2 Å². The Bertz CT molecular complexity index is 1030. The molecule has 0 radical (unpaired) electrons. The van der Waals surface area contributed by atoms with E-state index in [9.17, 15) is 22.8 Å². The molecule has 0 aliphatic carbocycles. The van der Waals surface area contributed by atoms with E-state index in [0.717, 1.165) is 13.3 Å². The molecule has 0 bridgehead atoms. The number of alkyl halides is 3. The van der Waals surface area contributed by atoms with Crippen molar-refractivity contribution in [3.05, 3.63) is 61.5 Å². The zero-order chi connectivity index (χ0) is 16.9. The van der Waals surface area contributed by atoms with Gasteiger partial charge in [-0.25, -0.2) is 9.36 Å². The highest BCUT2D eigenvalue weighted by Crippen LogP contribution is 2.28. The summed E-state index contributed by atoms with van der Waals surface area (Å²) < 4.78 is 45.5. The zero-order valence-electron chi connectivity index (χ0n) is 11.5. The number of furan rings is 1. The van der Waals surface area contributed by atoms with Crippen molar-refractivity contribution in [2.45, 2.75) is 6.18 Å². The minimum atomic E-state index is -4.80. The Labute approximate surface area is 134 Å². The largest absolute Gasteiger partial charge is 0.462 e. The lowest BCUT2D eigenvalue weighted by Crippen LogP contribution is -2.40. The lowest BCUT2D eigenvalue weighted by Gasteiger charge is -2.13. The quantitative estimate of drug-likeness (QED) is 0.643. The Morgan fingerprint density at radius 3 is 2.52 bits per heavy atom. The molecule has 0 aliphatic heterocycles. The topological polar surface area (TPSA) is 57.1 Å². The number of nitrogens with zero attached hydrogens (tertiary/aromatic N) is 2. The van der Waals surface area contributed by atoms with Crippen molar-refractivity contribution in [2.75, 3.05) is 0 Å². The van der Waals surface area contributed by atoms with Crippen LogP contribution in [-0.4, -0.2) is 9.13 Å². The molecule has 0 N–H and O–H groups in total. The lowest BCUT2D eigenvalue weighted by atomic mass is 10.2. The standard InChI is InChI=1S/C14H8BrF3N2O3/c1-19-11(14(16,17)18)5-12(21)20(13(19)22)9-6-23-10-3-2-7(15)4-8(9)10/h2-6H,1H3. The summed E-state index contributed by atoms with van der Waals surface area (Å²) in [4.78, 5) is 24.3. The van der Waals surface area contributed by atoms with Crippen molar-refractivity contribution in [1.29, 1.82) is 0 Å². The van der Waals surface area contributed by atoms with Gasteiger partial charge in [-0.1, -0.05) is 15.9 Å². The Hall–Kier alpha value is -2.29. The number of hydrogen-bond acceptors (Lipinski definition) is 3. The van der Waals surface area contributed by atoms with Crippen LogP contribution in [0.15, 0.2) is 49.0 Å². The van der Waals surface area contributed by atoms with E-state index in [0.29, 0.717) is 30.6 Å². The van der Waals surface area contributed by atoms with Crippen LogP contribution in [0.4, 0.5) is 13.2 Å². The van der Waals surface area contributed by atoms with Gasteiger partial charge in [0.15, 0.2) is 0 Å². The van der Waals surface area contributed by atoms with Crippen LogP contribution in [0.25, 0.3) is 16.7 Å². The number of rotatable bonds is 1. The smallest absolute Gasteiger partial charge is 0.431 e. The highest BCUT2D eigenvalue weighted by Gasteiger charge is 2.35. The first-order chi connectivity index (χ1) is 10.7. The molecule has 3 aromatic rings. The number of aromatic nitrogens is 2. The minimum absolute atomic E-state index is 0.0839. The SMILES string of the molecule is Cn1c(C(F)(F)F)cc(=O)n(-c2coc3ccc(Br)cc23)c1=O. The number of benzene rings is 1. The maximum atomic E-state index is 12.9. The molecule has 0 fully saturated rings. The van der Waals surface area contributed by atoms with E-state index in [1.807, 2.05) is 0 Å². The predicted octanol–water partition coefficient (Wildman–Crippen LogP) is 3.06. The van der Waals surface area contributed by atoms with E-state index in [1.165, 1.54) is 0 Å². The fourth-order valence-corrected chi connectivity index (χ4v) is 2.64. The first-order valence-corrected chi connectivity index (χ1v) is 7.07. The molecule has 0 spiro atoms. The highest BCUT2D eigenvalue weighted by atomic mass is 79.9. The second-order valence-corrected chi connectivity index (χ2v) is 5.72. The lowest BCUT2D eigenvalue weighted by molar-refractivity contribution is -0.144. The Morgan fingerprint density at radius 2 is 1.87 bits per heavy atom. The molecule has 3 rings (SSSR count). The fourth-order valence-electron chi connectivity index (χ4n) is 2.28. The van der Waals surface area contributed by atoms with E-state index in [4.69, 9.17) is 4.42 Å². The third-order valence-electron chi connectivity index (χ3n) is 3.37. The molecule has 2 aromatic heterocycles. The van der Waals surface area contributed by atoms with Gasteiger partial charge in [-0.2, -0.15) is 13.2 Å². The van der Waals surface area contributed by atoms with E-state index in [2.05, 4.69) is 15.9 Å². The fraction of sp³-hybridized carbons (Fsp3) is 0.143. The molecule has 0 saturated heterocycles. The summed E-state index contributed by atoms with van der Waals surface area (Å²) in [6, 6.07) is 5.31. The zero-order valence-corrected chi connectivity index (χ0v) is 13.1. The van der Waals surface area contributed by atoms with Gasteiger partial charge in [0.25, 0.3) is 5.56 Å². The summed E-state index contributed by atoms with van der Waals surface area (Å²) in [5, 5.41) is 0.429. The van der Waals surface area contributed by atoms with Gasteiger partial charge in [-0.3, -0.25) is 9.36 Å². The van der Waals surface area contributed by atoms with Crippen molar-refractivity contribution in [1.82, 2.24) is 9.13 Å². The summed E-state index contributed by atoms with van der Waals surface area (Å²) in [6.07, 6.45) is -3.64. The normalized spacial score (nSPS) is 12.0. The Kier molecular flexibility index (Phi) is 3.47. The van der Waals surface area contributed by atoms with Gasteiger partial charge in [0.2, 0.25) is 0 Å². The molecule has 120 valence electrons. The third-order valence-corrected chi connectivity index (χ3v) is 3.86. The molecule has 0 amide bonds. The molecule has 2 heterocycles. The van der Waals surface area contributed by atoms with Crippen LogP contribution in [0, 0.1) is 0 Å². The molecule has 0 unspecified atom stereocenters. The van der Waals surface area contributed by atoms with Gasteiger partial charge in [0, 0.05) is 23.0 Å². The summed E-state index contributed by atoms with van der Waals surface area (Å²) in [6.45, 7) is 0. The van der Waals surface area contributed by atoms with Gasteiger partial charge in [-0.05, 0) is 18.2 Å². The Balaban J connectivity index is 2.37. The monoisotopic (exact) mass is 388 g/mol. The summed E-state index contributed by atoms with van der Waals surface area (Å²) >= 11 is 3.25. The van der Waals surface area contributed by atoms with Gasteiger partial charge in [-0.15, -0.1) is 0 Å². The molecule has 5 nitrogen and oxygen atoms in total.